The number of β-lactam (4-membered cyclic amide) rings is 1. The molecule has 3 heterocycles. The number of imide groups is 1. The van der Waals surface area contributed by atoms with Gasteiger partial charge in [-0.1, -0.05) is 24.3 Å². The Kier molecular flexibility index (Phi) is 9.78. The van der Waals surface area contributed by atoms with E-state index >= 15 is 0 Å². The molecule has 2 saturated heterocycles. The van der Waals surface area contributed by atoms with Gasteiger partial charge in [0.05, 0.1) is 19.6 Å². The molecule has 0 saturated carbocycles. The first-order valence-electron chi connectivity index (χ1n) is 15.5. The number of piperidine rings is 1. The molecule has 0 bridgehead atoms. The molecule has 1 unspecified atom stereocenters. The van der Waals surface area contributed by atoms with E-state index < -0.39 is 41.6 Å². The van der Waals surface area contributed by atoms with Gasteiger partial charge in [-0.2, -0.15) is 0 Å². The number of hydrogen-bond donors (Lipinski definition) is 1. The van der Waals surface area contributed by atoms with Gasteiger partial charge in [0, 0.05) is 25.2 Å². The number of carbonyl (C=O) groups excluding carboxylic acids is 3. The van der Waals surface area contributed by atoms with Gasteiger partial charge in [-0.25, -0.2) is 28.7 Å². The predicted octanol–water partition coefficient (Wildman–Crippen LogP) is 5.62. The smallest absolute Gasteiger partial charge is 0.416 e. The summed E-state index contributed by atoms with van der Waals surface area (Å²) >= 11 is 0. The maximum absolute atomic E-state index is 13.8. The van der Waals surface area contributed by atoms with E-state index in [1.165, 1.54) is 28.1 Å². The number of carboxylic acid groups (broad SMARTS) is 1. The lowest BCUT2D eigenvalue weighted by Gasteiger charge is -2.46. The molecule has 47 heavy (non-hydrogen) atoms. The molecule has 2 aromatic carbocycles. The summed E-state index contributed by atoms with van der Waals surface area (Å²) in [6.07, 6.45) is 2.26. The monoisotopic (exact) mass is 646 g/mol. The van der Waals surface area contributed by atoms with Crippen LogP contribution < -0.4 is 9.64 Å². The van der Waals surface area contributed by atoms with Crippen LogP contribution in [0.4, 0.5) is 19.8 Å². The van der Waals surface area contributed by atoms with Gasteiger partial charge < -0.3 is 19.5 Å². The minimum Gasteiger partial charge on any atom is -0.497 e. The minimum absolute atomic E-state index is 0.0196. The molecule has 3 aromatic rings. The number of nitrogens with zero attached hydrogens (tertiary/aromatic N) is 4. The van der Waals surface area contributed by atoms with Crippen molar-refractivity contribution in [3.8, 4) is 5.75 Å². The third kappa shape index (κ3) is 7.70. The number of halogens is 1. The fourth-order valence-electron chi connectivity index (χ4n) is 6.04. The van der Waals surface area contributed by atoms with Crippen LogP contribution in [0, 0.1) is 11.7 Å². The Morgan fingerprint density at radius 1 is 1.06 bits per heavy atom. The fourth-order valence-corrected chi connectivity index (χ4v) is 6.04. The molecular formula is C35H39FN4O7. The summed E-state index contributed by atoms with van der Waals surface area (Å²) in [5.41, 5.74) is 1.34. The second kappa shape index (κ2) is 13.8. The standard InChI is InChI=1S/C35H39FN4O7/c1-35(2,3)47-34(45)39(20-22-10-12-27(46-4)13-11-22)29-18-23(14-15-37-29)17-28-30(32(42)43)40(31(28)41)33(44)38-16-6-8-25(21-38)24-7-5-9-26(36)19-24/h5,7,9-15,18-19,25,28,30H,6,8,16-17,20-21H2,1-4H3,(H,42,43)/t25?,28-,30+/m1/s1. The number of carbonyl (C=O) groups is 4. The lowest BCUT2D eigenvalue weighted by molar-refractivity contribution is -0.166. The van der Waals surface area contributed by atoms with Gasteiger partial charge >= 0.3 is 18.1 Å². The second-order valence-corrected chi connectivity index (χ2v) is 12.9. The van der Waals surface area contributed by atoms with E-state index in [0.29, 0.717) is 24.3 Å². The summed E-state index contributed by atoms with van der Waals surface area (Å²) in [6.45, 7) is 6.02. The number of rotatable bonds is 8. The lowest BCUT2D eigenvalue weighted by Crippen LogP contribution is -2.69. The molecule has 0 aliphatic carbocycles. The van der Waals surface area contributed by atoms with E-state index in [9.17, 15) is 28.7 Å². The molecule has 3 atom stereocenters. The van der Waals surface area contributed by atoms with E-state index in [-0.39, 0.29) is 37.1 Å². The van der Waals surface area contributed by atoms with E-state index in [2.05, 4.69) is 4.98 Å². The maximum atomic E-state index is 13.8. The minimum atomic E-state index is -1.36. The van der Waals surface area contributed by atoms with Crippen LogP contribution in [-0.4, -0.2) is 75.7 Å². The van der Waals surface area contributed by atoms with Crippen molar-refractivity contribution in [1.29, 1.82) is 0 Å². The maximum Gasteiger partial charge on any atom is 0.416 e. The summed E-state index contributed by atoms with van der Waals surface area (Å²) in [5, 5.41) is 10.1. The van der Waals surface area contributed by atoms with Gasteiger partial charge in [0.2, 0.25) is 5.91 Å². The van der Waals surface area contributed by atoms with Gasteiger partial charge in [0.25, 0.3) is 0 Å². The van der Waals surface area contributed by atoms with E-state index in [4.69, 9.17) is 9.47 Å². The highest BCUT2D eigenvalue weighted by atomic mass is 19.1. The van der Waals surface area contributed by atoms with E-state index in [1.807, 2.05) is 12.1 Å². The summed E-state index contributed by atoms with van der Waals surface area (Å²) in [4.78, 5) is 60.7. The summed E-state index contributed by atoms with van der Waals surface area (Å²) in [6, 6.07) is 14.7. The van der Waals surface area contributed by atoms with Crippen molar-refractivity contribution in [2.24, 2.45) is 5.92 Å². The molecule has 0 spiro atoms. The first-order chi connectivity index (χ1) is 22.3. The normalized spacial score (nSPS) is 19.5. The Bertz CT molecular complexity index is 1640. The molecule has 11 nitrogen and oxygen atoms in total. The number of likely N-dealkylation sites (tertiary alicyclic amines) is 2. The largest absolute Gasteiger partial charge is 0.497 e. The highest BCUT2D eigenvalue weighted by molar-refractivity contribution is 6.07. The quantitative estimate of drug-likeness (QED) is 0.312. The number of aliphatic carboxylic acids is 1. The van der Waals surface area contributed by atoms with Crippen molar-refractivity contribution < 1.29 is 38.1 Å². The van der Waals surface area contributed by atoms with Crippen LogP contribution in [0.25, 0.3) is 0 Å². The van der Waals surface area contributed by atoms with Crippen molar-refractivity contribution >= 4 is 29.8 Å². The number of hydrogen-bond acceptors (Lipinski definition) is 7. The number of methoxy groups -OCH3 is 1. The number of benzene rings is 2. The van der Waals surface area contributed by atoms with Crippen LogP contribution in [0.1, 0.15) is 56.2 Å². The molecule has 2 aliphatic rings. The van der Waals surface area contributed by atoms with Gasteiger partial charge in [-0.05, 0) is 93.1 Å². The molecule has 1 N–H and O–H groups in total. The number of ether oxygens (including phenoxy) is 2. The van der Waals surface area contributed by atoms with Crippen LogP contribution in [0.5, 0.6) is 5.75 Å². The number of pyridine rings is 1. The van der Waals surface area contributed by atoms with Gasteiger partial charge in [-0.15, -0.1) is 0 Å². The zero-order valence-electron chi connectivity index (χ0n) is 26.9. The highest BCUT2D eigenvalue weighted by Gasteiger charge is 2.55. The number of anilines is 1. The number of carboxylic acids is 1. The lowest BCUT2D eigenvalue weighted by atomic mass is 9.82. The Balaban J connectivity index is 1.32. The van der Waals surface area contributed by atoms with Crippen molar-refractivity contribution in [3.63, 3.8) is 0 Å². The van der Waals surface area contributed by atoms with Crippen molar-refractivity contribution in [2.45, 2.75) is 64.1 Å². The third-order valence-electron chi connectivity index (χ3n) is 8.34. The highest BCUT2D eigenvalue weighted by Crippen LogP contribution is 2.35. The Morgan fingerprint density at radius 3 is 2.47 bits per heavy atom. The summed E-state index contributed by atoms with van der Waals surface area (Å²) < 4.78 is 24.7. The SMILES string of the molecule is COc1ccc(CN(C(=O)OC(C)(C)C)c2cc(C[C@H]3C(=O)N(C(=O)N4CCCC(c5cccc(F)c5)C4)[C@@H]3C(=O)O)ccn2)cc1. The topological polar surface area (TPSA) is 130 Å². The molecule has 2 aliphatic heterocycles. The van der Waals surface area contributed by atoms with E-state index in [0.717, 1.165) is 22.4 Å². The summed E-state index contributed by atoms with van der Waals surface area (Å²) in [5.74, 6) is -2.44. The Hall–Kier alpha value is -5.00. The van der Waals surface area contributed by atoms with Gasteiger partial charge in [0.15, 0.2) is 6.04 Å². The zero-order chi connectivity index (χ0) is 33.9. The summed E-state index contributed by atoms with van der Waals surface area (Å²) in [7, 11) is 1.56. The first kappa shape index (κ1) is 33.4. The molecule has 5 rings (SSSR count). The Labute approximate surface area is 272 Å². The zero-order valence-corrected chi connectivity index (χ0v) is 26.9. The van der Waals surface area contributed by atoms with Crippen LogP contribution >= 0.6 is 0 Å². The predicted molar refractivity (Wildman–Crippen MR) is 170 cm³/mol. The average molecular weight is 647 g/mol. The molecular weight excluding hydrogens is 607 g/mol. The number of amides is 4. The van der Waals surface area contributed by atoms with Crippen LogP contribution in [0.2, 0.25) is 0 Å². The third-order valence-corrected chi connectivity index (χ3v) is 8.34. The molecule has 2 fully saturated rings. The number of urea groups is 1. The van der Waals surface area contributed by atoms with Crippen molar-refractivity contribution in [3.05, 3.63) is 89.4 Å². The number of aromatic nitrogens is 1. The van der Waals surface area contributed by atoms with Crippen molar-refractivity contribution in [1.82, 2.24) is 14.8 Å². The van der Waals surface area contributed by atoms with Gasteiger partial charge in [-0.3, -0.25) is 9.69 Å². The molecule has 1 aromatic heterocycles. The van der Waals surface area contributed by atoms with Crippen molar-refractivity contribution in [2.75, 3.05) is 25.1 Å². The van der Waals surface area contributed by atoms with Crippen LogP contribution in [-0.2, 0) is 27.3 Å². The first-order valence-corrected chi connectivity index (χ1v) is 15.5. The molecule has 248 valence electrons. The van der Waals surface area contributed by atoms with Crippen LogP contribution in [0.3, 0.4) is 0 Å². The Morgan fingerprint density at radius 2 is 1.81 bits per heavy atom. The van der Waals surface area contributed by atoms with E-state index in [1.54, 1.807) is 64.3 Å². The molecule has 0 radical (unpaired) electrons. The average Bonchev–Trinajstić information content (AvgIpc) is 3.04. The van der Waals surface area contributed by atoms with Crippen LogP contribution in [0.15, 0.2) is 66.9 Å². The van der Waals surface area contributed by atoms with Gasteiger partial charge in [0.1, 0.15) is 23.0 Å². The fraction of sp³-hybridized carbons (Fsp3) is 0.400. The molecule has 12 heteroatoms. The molecule has 4 amide bonds. The second-order valence-electron chi connectivity index (χ2n) is 12.9.